The third-order valence-electron chi connectivity index (χ3n) is 4.73. The van der Waals surface area contributed by atoms with E-state index in [1.807, 2.05) is 0 Å². The quantitative estimate of drug-likeness (QED) is 0.273. The van der Waals surface area contributed by atoms with Crippen molar-refractivity contribution in [2.75, 3.05) is 46.1 Å². The zero-order valence-corrected chi connectivity index (χ0v) is 15.9. The van der Waals surface area contributed by atoms with Crippen LogP contribution in [0.2, 0.25) is 0 Å². The molecular weight excluding hydrogens is 318 g/mol. The molecule has 0 amide bonds. The summed E-state index contributed by atoms with van der Waals surface area (Å²) in [6.45, 7) is 7.33. The maximum atomic E-state index is 5.99. The van der Waals surface area contributed by atoms with E-state index in [0.29, 0.717) is 38.6 Å². The van der Waals surface area contributed by atoms with E-state index < -0.39 is 0 Å². The van der Waals surface area contributed by atoms with E-state index in [-0.39, 0.29) is 0 Å². The van der Waals surface area contributed by atoms with Crippen molar-refractivity contribution in [2.24, 2.45) is 4.99 Å². The first kappa shape index (κ1) is 20.5. The molecule has 0 radical (unpaired) electrons. The topological polar surface area (TPSA) is 64.1 Å². The van der Waals surface area contributed by atoms with Crippen LogP contribution in [0.15, 0.2) is 4.99 Å². The van der Waals surface area contributed by atoms with Crippen LogP contribution >= 0.6 is 0 Å². The Bertz CT molecular complexity index is 352. The van der Waals surface area contributed by atoms with Crippen LogP contribution in [0, 0.1) is 0 Å². The molecule has 146 valence electrons. The van der Waals surface area contributed by atoms with Gasteiger partial charge in [-0.1, -0.05) is 25.7 Å². The van der Waals surface area contributed by atoms with E-state index in [9.17, 15) is 0 Å². The molecule has 0 aromatic heterocycles. The first-order chi connectivity index (χ1) is 12.4. The highest BCUT2D eigenvalue weighted by Gasteiger charge is 2.15. The molecule has 2 fully saturated rings. The SMILES string of the molecule is CCNC(=NCCOC1CCCCCC1)NCCOCC1CCCO1. The Kier molecular flexibility index (Phi) is 10.9. The standard InChI is InChI=1S/C19H37N3O3/c1-2-20-19(21-11-14-23-16-18-10-7-13-24-18)22-12-15-25-17-8-5-3-4-6-9-17/h17-18H,2-16H2,1H3,(H2,20,21,22). The molecule has 2 rings (SSSR count). The molecular formula is C19H37N3O3. The smallest absolute Gasteiger partial charge is 0.191 e. The van der Waals surface area contributed by atoms with Gasteiger partial charge in [0.05, 0.1) is 38.6 Å². The molecule has 2 aliphatic rings. The van der Waals surface area contributed by atoms with Gasteiger partial charge < -0.3 is 24.8 Å². The number of rotatable bonds is 10. The lowest BCUT2D eigenvalue weighted by Gasteiger charge is -2.15. The van der Waals surface area contributed by atoms with Crippen molar-refractivity contribution in [1.29, 1.82) is 0 Å². The van der Waals surface area contributed by atoms with Gasteiger partial charge in [-0.3, -0.25) is 4.99 Å². The molecule has 0 aromatic carbocycles. The largest absolute Gasteiger partial charge is 0.377 e. The lowest BCUT2D eigenvalue weighted by Crippen LogP contribution is -2.39. The van der Waals surface area contributed by atoms with Crippen molar-refractivity contribution < 1.29 is 14.2 Å². The molecule has 6 nitrogen and oxygen atoms in total. The van der Waals surface area contributed by atoms with Crippen molar-refractivity contribution in [3.05, 3.63) is 0 Å². The molecule has 25 heavy (non-hydrogen) atoms. The van der Waals surface area contributed by atoms with E-state index in [1.165, 1.54) is 38.5 Å². The number of hydrogen-bond donors (Lipinski definition) is 2. The van der Waals surface area contributed by atoms with Crippen LogP contribution in [-0.2, 0) is 14.2 Å². The second-order valence-corrected chi connectivity index (χ2v) is 6.88. The van der Waals surface area contributed by atoms with Gasteiger partial charge in [-0.2, -0.15) is 0 Å². The minimum Gasteiger partial charge on any atom is -0.377 e. The van der Waals surface area contributed by atoms with Gasteiger partial charge in [0.1, 0.15) is 0 Å². The molecule has 0 aromatic rings. The fourth-order valence-corrected chi connectivity index (χ4v) is 3.36. The minimum absolute atomic E-state index is 0.294. The number of ether oxygens (including phenoxy) is 3. The monoisotopic (exact) mass is 355 g/mol. The Labute approximate surface area is 153 Å². The van der Waals surface area contributed by atoms with Crippen LogP contribution in [0.3, 0.4) is 0 Å². The van der Waals surface area contributed by atoms with Gasteiger partial charge in [0.25, 0.3) is 0 Å². The third-order valence-corrected chi connectivity index (χ3v) is 4.73. The van der Waals surface area contributed by atoms with Crippen molar-refractivity contribution >= 4 is 5.96 Å². The maximum absolute atomic E-state index is 5.99. The molecule has 6 heteroatoms. The molecule has 0 spiro atoms. The molecule has 1 heterocycles. The highest BCUT2D eigenvalue weighted by Crippen LogP contribution is 2.19. The zero-order valence-electron chi connectivity index (χ0n) is 15.9. The summed E-state index contributed by atoms with van der Waals surface area (Å²) >= 11 is 0. The van der Waals surface area contributed by atoms with Crippen LogP contribution in [0.5, 0.6) is 0 Å². The lowest BCUT2D eigenvalue weighted by atomic mass is 10.1. The zero-order chi connectivity index (χ0) is 17.6. The minimum atomic E-state index is 0.294. The van der Waals surface area contributed by atoms with E-state index in [2.05, 4.69) is 22.5 Å². The van der Waals surface area contributed by atoms with Crippen molar-refractivity contribution in [3.8, 4) is 0 Å². The highest BCUT2D eigenvalue weighted by molar-refractivity contribution is 5.79. The summed E-state index contributed by atoms with van der Waals surface area (Å²) in [5.41, 5.74) is 0. The summed E-state index contributed by atoms with van der Waals surface area (Å²) in [6, 6.07) is 0. The molecule has 2 N–H and O–H groups in total. The Morgan fingerprint density at radius 3 is 2.60 bits per heavy atom. The Hall–Kier alpha value is -0.850. The maximum Gasteiger partial charge on any atom is 0.191 e. The molecule has 1 atom stereocenters. The normalized spacial score (nSPS) is 22.8. The summed E-state index contributed by atoms with van der Waals surface area (Å²) in [7, 11) is 0. The number of aliphatic imine (C=N–C) groups is 1. The van der Waals surface area contributed by atoms with Gasteiger partial charge in [0.15, 0.2) is 5.96 Å². The van der Waals surface area contributed by atoms with Gasteiger partial charge in [-0.25, -0.2) is 0 Å². The van der Waals surface area contributed by atoms with E-state index in [1.54, 1.807) is 0 Å². The van der Waals surface area contributed by atoms with Crippen LogP contribution in [0.4, 0.5) is 0 Å². The third kappa shape index (κ3) is 9.42. The Balaban J connectivity index is 1.53. The average Bonchev–Trinajstić information content (AvgIpc) is 3.00. The summed E-state index contributed by atoms with van der Waals surface area (Å²) in [6.07, 6.45) is 10.8. The molecule has 1 saturated carbocycles. The van der Waals surface area contributed by atoms with Crippen molar-refractivity contribution in [2.45, 2.75) is 70.5 Å². The fraction of sp³-hybridized carbons (Fsp3) is 0.947. The Morgan fingerprint density at radius 2 is 1.88 bits per heavy atom. The van der Waals surface area contributed by atoms with E-state index in [4.69, 9.17) is 14.2 Å². The molecule has 1 saturated heterocycles. The van der Waals surface area contributed by atoms with Crippen molar-refractivity contribution in [1.82, 2.24) is 10.6 Å². The van der Waals surface area contributed by atoms with Crippen LogP contribution in [0.25, 0.3) is 0 Å². The molecule has 1 aliphatic carbocycles. The second-order valence-electron chi connectivity index (χ2n) is 6.88. The van der Waals surface area contributed by atoms with Gasteiger partial charge in [0.2, 0.25) is 0 Å². The number of nitrogens with one attached hydrogen (secondary N) is 2. The highest BCUT2D eigenvalue weighted by atomic mass is 16.5. The van der Waals surface area contributed by atoms with Crippen molar-refractivity contribution in [3.63, 3.8) is 0 Å². The molecule has 0 bridgehead atoms. The van der Waals surface area contributed by atoms with Gasteiger partial charge in [-0.15, -0.1) is 0 Å². The number of guanidine groups is 1. The van der Waals surface area contributed by atoms with E-state index in [0.717, 1.165) is 38.5 Å². The first-order valence-electron chi connectivity index (χ1n) is 10.2. The summed E-state index contributed by atoms with van der Waals surface area (Å²) in [5, 5.41) is 6.58. The lowest BCUT2D eigenvalue weighted by molar-refractivity contribution is 0.0191. The first-order valence-corrected chi connectivity index (χ1v) is 10.2. The van der Waals surface area contributed by atoms with Crippen LogP contribution < -0.4 is 10.6 Å². The van der Waals surface area contributed by atoms with Crippen LogP contribution in [0.1, 0.15) is 58.3 Å². The van der Waals surface area contributed by atoms with Gasteiger partial charge >= 0.3 is 0 Å². The molecule has 1 aliphatic heterocycles. The van der Waals surface area contributed by atoms with E-state index >= 15 is 0 Å². The second kappa shape index (κ2) is 13.4. The van der Waals surface area contributed by atoms with Gasteiger partial charge in [-0.05, 0) is 32.6 Å². The van der Waals surface area contributed by atoms with Crippen LogP contribution in [-0.4, -0.2) is 64.2 Å². The predicted molar refractivity (Wildman–Crippen MR) is 101 cm³/mol. The average molecular weight is 356 g/mol. The van der Waals surface area contributed by atoms with Gasteiger partial charge in [0, 0.05) is 19.7 Å². The number of hydrogen-bond acceptors (Lipinski definition) is 4. The summed E-state index contributed by atoms with van der Waals surface area (Å²) < 4.78 is 17.2. The Morgan fingerprint density at radius 1 is 1.04 bits per heavy atom. The predicted octanol–water partition coefficient (Wildman–Crippen LogP) is 2.48. The molecule has 1 unspecified atom stereocenters. The fourth-order valence-electron chi connectivity index (χ4n) is 3.36. The summed E-state index contributed by atoms with van der Waals surface area (Å²) in [5.74, 6) is 0.840. The number of nitrogens with zero attached hydrogens (tertiary/aromatic N) is 1. The summed E-state index contributed by atoms with van der Waals surface area (Å²) in [4.78, 5) is 4.59.